The zero-order chi connectivity index (χ0) is 28.1. The Bertz CT molecular complexity index is 989. The van der Waals surface area contributed by atoms with Crippen molar-refractivity contribution in [2.24, 2.45) is 11.5 Å². The summed E-state index contributed by atoms with van der Waals surface area (Å²) in [5.74, 6) is -6.16. The molecular formula is C22H31N5O9S. The van der Waals surface area contributed by atoms with Gasteiger partial charge in [0.15, 0.2) is 0 Å². The van der Waals surface area contributed by atoms with E-state index >= 15 is 0 Å². The maximum Gasteiger partial charge on any atom is 0.327 e. The summed E-state index contributed by atoms with van der Waals surface area (Å²) in [5.41, 5.74) is 11.3. The van der Waals surface area contributed by atoms with Crippen LogP contribution < -0.4 is 27.4 Å². The van der Waals surface area contributed by atoms with Gasteiger partial charge >= 0.3 is 11.9 Å². The summed E-state index contributed by atoms with van der Waals surface area (Å²) in [6, 6.07) is 0.378. The number of nitrogens with one attached hydrogen (secondary N) is 3. The molecule has 14 nitrogen and oxygen atoms in total. The van der Waals surface area contributed by atoms with Crippen molar-refractivity contribution >= 4 is 48.2 Å². The van der Waals surface area contributed by atoms with E-state index in [1.807, 2.05) is 0 Å². The highest BCUT2D eigenvalue weighted by Gasteiger charge is 2.30. The Morgan fingerprint density at radius 1 is 0.811 bits per heavy atom. The number of nitrogens with two attached hydrogens (primary N) is 2. The largest absolute Gasteiger partial charge is 0.508 e. The SMILES string of the molecule is NC(=O)CCC(NC(=O)C(N)CCC(=O)O)C(=O)NC(Cc1ccc(O)cc1)C(=O)NC(CS)C(=O)O. The van der Waals surface area contributed by atoms with Crippen LogP contribution in [0.2, 0.25) is 0 Å². The molecule has 4 amide bonds. The van der Waals surface area contributed by atoms with Gasteiger partial charge < -0.3 is 42.7 Å². The molecule has 0 fully saturated rings. The van der Waals surface area contributed by atoms with E-state index in [0.29, 0.717) is 5.56 Å². The Hall–Kier alpha value is -3.85. The molecule has 10 N–H and O–H groups in total. The molecule has 4 unspecified atom stereocenters. The van der Waals surface area contributed by atoms with E-state index < -0.39 is 66.2 Å². The van der Waals surface area contributed by atoms with Crippen molar-refractivity contribution in [3.8, 4) is 5.75 Å². The lowest BCUT2D eigenvalue weighted by molar-refractivity contribution is -0.141. The minimum absolute atomic E-state index is 0.0386. The van der Waals surface area contributed by atoms with Gasteiger partial charge in [-0.15, -0.1) is 0 Å². The Labute approximate surface area is 217 Å². The summed E-state index contributed by atoms with van der Waals surface area (Å²) in [6.45, 7) is 0. The zero-order valence-electron chi connectivity index (χ0n) is 19.8. The molecule has 1 aromatic rings. The molecule has 0 aromatic heterocycles. The van der Waals surface area contributed by atoms with Crippen LogP contribution in [0.1, 0.15) is 31.2 Å². The summed E-state index contributed by atoms with van der Waals surface area (Å²) < 4.78 is 0. The number of phenols is 1. The van der Waals surface area contributed by atoms with Crippen LogP contribution in [0.5, 0.6) is 5.75 Å². The Kier molecular flexibility index (Phi) is 12.9. The second kappa shape index (κ2) is 15.3. The van der Waals surface area contributed by atoms with Crippen LogP contribution in [0.4, 0.5) is 0 Å². The van der Waals surface area contributed by atoms with Gasteiger partial charge in [-0.25, -0.2) is 4.79 Å². The third-order valence-corrected chi connectivity index (χ3v) is 5.49. The molecule has 0 aliphatic carbocycles. The molecule has 204 valence electrons. The van der Waals surface area contributed by atoms with Gasteiger partial charge in [0.1, 0.15) is 23.9 Å². The Morgan fingerprint density at radius 2 is 1.35 bits per heavy atom. The van der Waals surface area contributed by atoms with E-state index in [1.165, 1.54) is 24.3 Å². The molecule has 0 aliphatic heterocycles. The van der Waals surface area contributed by atoms with Gasteiger partial charge in [0.25, 0.3) is 0 Å². The number of aliphatic carboxylic acids is 2. The van der Waals surface area contributed by atoms with Gasteiger partial charge in [-0.05, 0) is 30.5 Å². The molecule has 0 saturated carbocycles. The van der Waals surface area contributed by atoms with Crippen LogP contribution in [-0.2, 0) is 35.2 Å². The predicted octanol–water partition coefficient (Wildman–Crippen LogP) is -2.14. The highest BCUT2D eigenvalue weighted by molar-refractivity contribution is 7.80. The molecule has 0 radical (unpaired) electrons. The third-order valence-electron chi connectivity index (χ3n) is 5.12. The van der Waals surface area contributed by atoms with Crippen LogP contribution in [0.3, 0.4) is 0 Å². The number of amides is 4. The number of primary amides is 1. The average Bonchev–Trinajstić information content (AvgIpc) is 2.83. The summed E-state index contributed by atoms with van der Waals surface area (Å²) in [7, 11) is 0. The predicted molar refractivity (Wildman–Crippen MR) is 132 cm³/mol. The fraction of sp³-hybridized carbons (Fsp3) is 0.455. The fourth-order valence-electron chi connectivity index (χ4n) is 3.05. The van der Waals surface area contributed by atoms with Gasteiger partial charge in [0.05, 0.1) is 6.04 Å². The molecule has 37 heavy (non-hydrogen) atoms. The van der Waals surface area contributed by atoms with Crippen molar-refractivity contribution in [2.75, 3.05) is 5.75 Å². The normalized spacial score (nSPS) is 13.9. The quantitative estimate of drug-likeness (QED) is 0.103. The van der Waals surface area contributed by atoms with Crippen LogP contribution in [0.15, 0.2) is 24.3 Å². The van der Waals surface area contributed by atoms with Gasteiger partial charge in [0.2, 0.25) is 23.6 Å². The molecular weight excluding hydrogens is 510 g/mol. The van der Waals surface area contributed by atoms with Crippen molar-refractivity contribution in [3.05, 3.63) is 29.8 Å². The number of carboxylic acid groups (broad SMARTS) is 2. The van der Waals surface area contributed by atoms with E-state index in [9.17, 15) is 39.0 Å². The second-order valence-electron chi connectivity index (χ2n) is 8.12. The maximum absolute atomic E-state index is 13.1. The molecule has 0 saturated heterocycles. The van der Waals surface area contributed by atoms with Crippen LogP contribution in [-0.4, -0.2) is 80.8 Å². The first kappa shape index (κ1) is 31.2. The van der Waals surface area contributed by atoms with Crippen LogP contribution in [0, 0.1) is 0 Å². The van der Waals surface area contributed by atoms with E-state index in [1.54, 1.807) is 0 Å². The van der Waals surface area contributed by atoms with Crippen LogP contribution >= 0.6 is 12.6 Å². The highest BCUT2D eigenvalue weighted by Crippen LogP contribution is 2.12. The minimum Gasteiger partial charge on any atom is -0.508 e. The van der Waals surface area contributed by atoms with E-state index in [4.69, 9.17) is 16.6 Å². The van der Waals surface area contributed by atoms with Crippen molar-refractivity contribution in [1.29, 1.82) is 0 Å². The number of carbonyl (C=O) groups is 6. The van der Waals surface area contributed by atoms with Gasteiger partial charge in [-0.2, -0.15) is 12.6 Å². The van der Waals surface area contributed by atoms with Crippen molar-refractivity contribution < 1.29 is 44.1 Å². The number of rotatable bonds is 16. The first-order valence-corrected chi connectivity index (χ1v) is 11.8. The smallest absolute Gasteiger partial charge is 0.327 e. The van der Waals surface area contributed by atoms with Crippen LogP contribution in [0.25, 0.3) is 0 Å². The number of carbonyl (C=O) groups excluding carboxylic acids is 4. The standard InChI is InChI=1S/C22H31N5O9S/c23-13(5-8-18(30)31)19(32)25-14(6-7-17(24)29)20(33)26-15(9-11-1-3-12(28)4-2-11)21(34)27-16(10-37)22(35)36/h1-4,13-16,28,37H,5-10,23H2,(H2,24,29)(H,25,32)(H,26,33)(H,27,34)(H,30,31)(H,35,36). The number of hydrogen-bond donors (Lipinski definition) is 9. The van der Waals surface area contributed by atoms with Crippen molar-refractivity contribution in [2.45, 2.75) is 56.3 Å². The van der Waals surface area contributed by atoms with Crippen molar-refractivity contribution in [1.82, 2.24) is 16.0 Å². The third kappa shape index (κ3) is 11.6. The number of benzene rings is 1. The van der Waals surface area contributed by atoms with Gasteiger partial charge in [-0.1, -0.05) is 12.1 Å². The lowest BCUT2D eigenvalue weighted by Gasteiger charge is -2.25. The molecule has 15 heteroatoms. The Morgan fingerprint density at radius 3 is 1.86 bits per heavy atom. The van der Waals surface area contributed by atoms with Gasteiger partial charge in [0, 0.05) is 25.0 Å². The highest BCUT2D eigenvalue weighted by atomic mass is 32.1. The second-order valence-corrected chi connectivity index (χ2v) is 8.48. The number of thiol groups is 1. The Balaban J connectivity index is 3.12. The topological polar surface area (TPSA) is 251 Å². The first-order valence-electron chi connectivity index (χ1n) is 11.1. The van der Waals surface area contributed by atoms with E-state index in [2.05, 4.69) is 28.6 Å². The number of hydrogen-bond acceptors (Lipinski definition) is 9. The van der Waals surface area contributed by atoms with Crippen molar-refractivity contribution in [3.63, 3.8) is 0 Å². The van der Waals surface area contributed by atoms with E-state index in [0.717, 1.165) is 0 Å². The maximum atomic E-state index is 13.1. The molecule has 0 heterocycles. The lowest BCUT2D eigenvalue weighted by Crippen LogP contribution is -2.58. The average molecular weight is 542 g/mol. The van der Waals surface area contributed by atoms with Gasteiger partial charge in [-0.3, -0.25) is 24.0 Å². The monoisotopic (exact) mass is 541 g/mol. The summed E-state index contributed by atoms with van der Waals surface area (Å²) in [6.07, 6.45) is -1.28. The molecule has 1 aromatic carbocycles. The summed E-state index contributed by atoms with van der Waals surface area (Å²) in [5, 5.41) is 34.5. The number of carboxylic acids is 2. The molecule has 1 rings (SSSR count). The lowest BCUT2D eigenvalue weighted by atomic mass is 10.0. The number of phenolic OH excluding ortho intramolecular Hbond substituents is 1. The zero-order valence-corrected chi connectivity index (χ0v) is 20.6. The minimum atomic E-state index is -1.37. The molecule has 4 atom stereocenters. The molecule has 0 spiro atoms. The summed E-state index contributed by atoms with van der Waals surface area (Å²) in [4.78, 5) is 71.7. The summed E-state index contributed by atoms with van der Waals surface area (Å²) >= 11 is 3.89. The number of aromatic hydroxyl groups is 1. The fourth-order valence-corrected chi connectivity index (χ4v) is 3.30. The van der Waals surface area contributed by atoms with E-state index in [-0.39, 0.29) is 37.2 Å². The first-order chi connectivity index (χ1) is 17.3. The molecule has 0 aliphatic rings. The molecule has 0 bridgehead atoms.